The fourth-order valence-corrected chi connectivity index (χ4v) is 2.68. The molecule has 0 amide bonds. The van der Waals surface area contributed by atoms with Crippen LogP contribution in [-0.4, -0.2) is 42.6 Å². The summed E-state index contributed by atoms with van der Waals surface area (Å²) < 4.78 is 0. The summed E-state index contributed by atoms with van der Waals surface area (Å²) in [4.78, 5) is 5.44. The summed E-state index contributed by atoms with van der Waals surface area (Å²) in [5.41, 5.74) is 7.83. The molecule has 1 aliphatic rings. The van der Waals surface area contributed by atoms with Gasteiger partial charge >= 0.3 is 0 Å². The first-order valence-corrected chi connectivity index (χ1v) is 7.34. The van der Waals surface area contributed by atoms with Gasteiger partial charge in [-0.1, -0.05) is 26.1 Å². The number of nitrogens with two attached hydrogens (primary N) is 1. The topological polar surface area (TPSA) is 32.5 Å². The van der Waals surface area contributed by atoms with Crippen molar-refractivity contribution in [2.75, 3.05) is 37.6 Å². The SMILES string of the molecule is CC(C)CN1CCN(c2ccc(C(N)=S)cc2)CC1. The highest BCUT2D eigenvalue weighted by Gasteiger charge is 2.17. The van der Waals surface area contributed by atoms with Gasteiger partial charge in [0.2, 0.25) is 0 Å². The van der Waals surface area contributed by atoms with Crippen molar-refractivity contribution in [2.24, 2.45) is 11.7 Å². The van der Waals surface area contributed by atoms with E-state index in [4.69, 9.17) is 18.0 Å². The van der Waals surface area contributed by atoms with E-state index >= 15 is 0 Å². The number of piperazine rings is 1. The standard InChI is InChI=1S/C15H23N3S/c1-12(2)11-17-7-9-18(10-8-17)14-5-3-13(4-6-14)15(16)19/h3-6,12H,7-11H2,1-2H3,(H2,16,19). The molecular weight excluding hydrogens is 254 g/mol. The van der Waals surface area contributed by atoms with E-state index < -0.39 is 0 Å². The van der Waals surface area contributed by atoms with Crippen LogP contribution >= 0.6 is 12.2 Å². The first kappa shape index (κ1) is 14.3. The van der Waals surface area contributed by atoms with Crippen LogP contribution in [0, 0.1) is 5.92 Å². The number of anilines is 1. The Labute approximate surface area is 121 Å². The highest BCUT2D eigenvalue weighted by Crippen LogP contribution is 2.17. The van der Waals surface area contributed by atoms with Crippen molar-refractivity contribution in [2.45, 2.75) is 13.8 Å². The molecule has 0 unspecified atom stereocenters. The smallest absolute Gasteiger partial charge is 0.103 e. The average Bonchev–Trinajstić information content (AvgIpc) is 2.39. The lowest BCUT2D eigenvalue weighted by Crippen LogP contribution is -2.47. The van der Waals surface area contributed by atoms with Gasteiger partial charge in [-0.3, -0.25) is 4.90 Å². The largest absolute Gasteiger partial charge is 0.389 e. The lowest BCUT2D eigenvalue weighted by atomic mass is 10.1. The molecule has 0 aliphatic carbocycles. The van der Waals surface area contributed by atoms with Gasteiger partial charge in [0.25, 0.3) is 0 Å². The molecule has 1 aromatic rings. The molecule has 0 saturated carbocycles. The number of nitrogens with zero attached hydrogens (tertiary/aromatic N) is 2. The summed E-state index contributed by atoms with van der Waals surface area (Å²) in [7, 11) is 0. The summed E-state index contributed by atoms with van der Waals surface area (Å²) in [6, 6.07) is 8.26. The number of benzene rings is 1. The highest BCUT2D eigenvalue weighted by molar-refractivity contribution is 7.80. The summed E-state index contributed by atoms with van der Waals surface area (Å²) in [6.07, 6.45) is 0. The molecule has 1 aliphatic heterocycles. The maximum atomic E-state index is 5.62. The van der Waals surface area contributed by atoms with Crippen LogP contribution in [0.5, 0.6) is 0 Å². The maximum Gasteiger partial charge on any atom is 0.103 e. The van der Waals surface area contributed by atoms with E-state index in [-0.39, 0.29) is 0 Å². The third kappa shape index (κ3) is 3.91. The molecule has 0 bridgehead atoms. The van der Waals surface area contributed by atoms with Gasteiger partial charge in [0.15, 0.2) is 0 Å². The first-order valence-electron chi connectivity index (χ1n) is 6.93. The number of hydrogen-bond acceptors (Lipinski definition) is 3. The second kappa shape index (κ2) is 6.35. The van der Waals surface area contributed by atoms with Crippen LogP contribution in [0.3, 0.4) is 0 Å². The molecule has 19 heavy (non-hydrogen) atoms. The molecule has 3 nitrogen and oxygen atoms in total. The summed E-state index contributed by atoms with van der Waals surface area (Å²) in [6.45, 7) is 10.2. The normalized spacial score (nSPS) is 16.9. The number of rotatable bonds is 4. The van der Waals surface area contributed by atoms with Crippen LogP contribution in [-0.2, 0) is 0 Å². The molecule has 2 rings (SSSR count). The van der Waals surface area contributed by atoms with Gasteiger partial charge in [-0.05, 0) is 30.2 Å². The van der Waals surface area contributed by atoms with Gasteiger partial charge < -0.3 is 10.6 Å². The van der Waals surface area contributed by atoms with E-state index in [1.54, 1.807) is 0 Å². The van der Waals surface area contributed by atoms with E-state index in [2.05, 4.69) is 35.8 Å². The van der Waals surface area contributed by atoms with E-state index in [0.29, 0.717) is 4.99 Å². The molecule has 2 N–H and O–H groups in total. The molecule has 1 heterocycles. The van der Waals surface area contributed by atoms with E-state index in [1.165, 1.54) is 12.2 Å². The van der Waals surface area contributed by atoms with Crippen molar-refractivity contribution >= 4 is 22.9 Å². The Bertz CT molecular complexity index is 420. The highest BCUT2D eigenvalue weighted by atomic mass is 32.1. The van der Waals surface area contributed by atoms with E-state index in [0.717, 1.165) is 37.7 Å². The van der Waals surface area contributed by atoms with Crippen molar-refractivity contribution in [1.82, 2.24) is 4.90 Å². The van der Waals surface area contributed by atoms with Crippen molar-refractivity contribution in [3.05, 3.63) is 29.8 Å². The van der Waals surface area contributed by atoms with Crippen molar-refractivity contribution in [1.29, 1.82) is 0 Å². The minimum atomic E-state index is 0.466. The fourth-order valence-electron chi connectivity index (χ4n) is 2.54. The predicted molar refractivity (Wildman–Crippen MR) is 85.8 cm³/mol. The Kier molecular flexibility index (Phi) is 4.77. The molecule has 0 radical (unpaired) electrons. The molecule has 0 atom stereocenters. The zero-order chi connectivity index (χ0) is 13.8. The van der Waals surface area contributed by atoms with E-state index in [1.807, 2.05) is 12.1 Å². The second-order valence-electron chi connectivity index (χ2n) is 5.59. The molecular formula is C15H23N3S. The fraction of sp³-hybridized carbons (Fsp3) is 0.533. The first-order chi connectivity index (χ1) is 9.06. The van der Waals surface area contributed by atoms with Gasteiger partial charge in [0, 0.05) is 44.0 Å². The maximum absolute atomic E-state index is 5.62. The minimum absolute atomic E-state index is 0.466. The summed E-state index contributed by atoms with van der Waals surface area (Å²) in [5, 5.41) is 0. The van der Waals surface area contributed by atoms with Crippen molar-refractivity contribution in [3.63, 3.8) is 0 Å². The molecule has 1 fully saturated rings. The third-order valence-corrected chi connectivity index (χ3v) is 3.75. The van der Waals surface area contributed by atoms with Gasteiger partial charge in [-0.2, -0.15) is 0 Å². The van der Waals surface area contributed by atoms with Crippen LogP contribution < -0.4 is 10.6 Å². The van der Waals surface area contributed by atoms with Crippen molar-refractivity contribution < 1.29 is 0 Å². The third-order valence-electron chi connectivity index (χ3n) is 3.51. The zero-order valence-electron chi connectivity index (χ0n) is 11.8. The predicted octanol–water partition coefficient (Wildman–Crippen LogP) is 2.10. The monoisotopic (exact) mass is 277 g/mol. The Balaban J connectivity index is 1.92. The molecule has 0 aromatic heterocycles. The van der Waals surface area contributed by atoms with Gasteiger partial charge in [0.1, 0.15) is 4.99 Å². The van der Waals surface area contributed by atoms with Crippen molar-refractivity contribution in [3.8, 4) is 0 Å². The lowest BCUT2D eigenvalue weighted by molar-refractivity contribution is 0.231. The van der Waals surface area contributed by atoms with Gasteiger partial charge in [-0.15, -0.1) is 0 Å². The van der Waals surface area contributed by atoms with Crippen LogP contribution in [0.25, 0.3) is 0 Å². The Morgan fingerprint density at radius 1 is 1.16 bits per heavy atom. The lowest BCUT2D eigenvalue weighted by Gasteiger charge is -2.36. The molecule has 0 spiro atoms. The van der Waals surface area contributed by atoms with Crippen LogP contribution in [0.4, 0.5) is 5.69 Å². The quantitative estimate of drug-likeness (QED) is 0.854. The Hall–Kier alpha value is -1.13. The zero-order valence-corrected chi connectivity index (χ0v) is 12.6. The van der Waals surface area contributed by atoms with Crippen LogP contribution in [0.2, 0.25) is 0 Å². The van der Waals surface area contributed by atoms with Gasteiger partial charge in [-0.25, -0.2) is 0 Å². The average molecular weight is 277 g/mol. The summed E-state index contributed by atoms with van der Waals surface area (Å²) >= 11 is 4.97. The van der Waals surface area contributed by atoms with Crippen LogP contribution in [0.1, 0.15) is 19.4 Å². The second-order valence-corrected chi connectivity index (χ2v) is 6.03. The molecule has 1 aromatic carbocycles. The summed E-state index contributed by atoms with van der Waals surface area (Å²) in [5.74, 6) is 0.747. The van der Waals surface area contributed by atoms with Gasteiger partial charge in [0.05, 0.1) is 0 Å². The van der Waals surface area contributed by atoms with E-state index in [9.17, 15) is 0 Å². The van der Waals surface area contributed by atoms with Crippen LogP contribution in [0.15, 0.2) is 24.3 Å². The molecule has 4 heteroatoms. The number of hydrogen-bond donors (Lipinski definition) is 1. The number of thiocarbonyl (C=S) groups is 1. The molecule has 1 saturated heterocycles. The molecule has 104 valence electrons. The Morgan fingerprint density at radius 2 is 1.74 bits per heavy atom. The minimum Gasteiger partial charge on any atom is -0.389 e. The Morgan fingerprint density at radius 3 is 2.21 bits per heavy atom.